The summed E-state index contributed by atoms with van der Waals surface area (Å²) in [4.78, 5) is 23.2. The summed E-state index contributed by atoms with van der Waals surface area (Å²) < 4.78 is 10.7. The van der Waals surface area contributed by atoms with Gasteiger partial charge in [-0.15, -0.1) is 0 Å². The molecule has 3 atom stereocenters. The van der Waals surface area contributed by atoms with Crippen molar-refractivity contribution in [3.05, 3.63) is 12.2 Å². The zero-order valence-corrected chi connectivity index (χ0v) is 10.7. The Hall–Kier alpha value is -1.40. The van der Waals surface area contributed by atoms with Gasteiger partial charge in [0.25, 0.3) is 0 Å². The quantitative estimate of drug-likeness (QED) is 0.711. The van der Waals surface area contributed by atoms with E-state index in [9.17, 15) is 9.59 Å². The highest BCUT2D eigenvalue weighted by atomic mass is 16.6. The topological polar surface area (TPSA) is 84.9 Å². The molecule has 19 heavy (non-hydrogen) atoms. The number of carbonyl (C=O) groups is 2. The monoisotopic (exact) mass is 269 g/mol. The van der Waals surface area contributed by atoms with Gasteiger partial charge < -0.3 is 19.9 Å². The summed E-state index contributed by atoms with van der Waals surface area (Å²) in [5.74, 6) is -2.26. The van der Waals surface area contributed by atoms with E-state index in [2.05, 4.69) is 5.32 Å². The molecule has 0 spiro atoms. The Balaban J connectivity index is 1.84. The van der Waals surface area contributed by atoms with Crippen LogP contribution in [0.5, 0.6) is 0 Å². The van der Waals surface area contributed by atoms with Gasteiger partial charge in [0.15, 0.2) is 0 Å². The maximum Gasteiger partial charge on any atom is 0.307 e. The van der Waals surface area contributed by atoms with E-state index < -0.39 is 17.8 Å². The molecular weight excluding hydrogens is 250 g/mol. The minimum atomic E-state index is -0.915. The van der Waals surface area contributed by atoms with Crippen LogP contribution >= 0.6 is 0 Å². The molecule has 0 radical (unpaired) electrons. The second-order valence-electron chi connectivity index (χ2n) is 4.81. The number of carboxylic acid groups (broad SMARTS) is 1. The first-order valence-electron chi connectivity index (χ1n) is 6.53. The molecule has 0 aromatic rings. The van der Waals surface area contributed by atoms with Crippen LogP contribution in [0.25, 0.3) is 0 Å². The number of amides is 1. The summed E-state index contributed by atoms with van der Waals surface area (Å²) in [6.07, 6.45) is 4.44. The van der Waals surface area contributed by atoms with E-state index in [1.165, 1.54) is 0 Å². The zero-order chi connectivity index (χ0) is 13.7. The summed E-state index contributed by atoms with van der Waals surface area (Å²) in [6, 6.07) is 0. The smallest absolute Gasteiger partial charge is 0.307 e. The fourth-order valence-electron chi connectivity index (χ4n) is 2.38. The second-order valence-corrected chi connectivity index (χ2v) is 4.81. The Morgan fingerprint density at radius 2 is 1.95 bits per heavy atom. The fraction of sp³-hybridized carbons (Fsp3) is 0.692. The van der Waals surface area contributed by atoms with Crippen LogP contribution in [0.15, 0.2) is 12.2 Å². The summed E-state index contributed by atoms with van der Waals surface area (Å²) in [7, 11) is 0. The predicted molar refractivity (Wildman–Crippen MR) is 66.6 cm³/mol. The molecule has 0 saturated carbocycles. The number of hydrogen-bond donors (Lipinski definition) is 2. The van der Waals surface area contributed by atoms with Crippen molar-refractivity contribution in [1.82, 2.24) is 5.32 Å². The summed E-state index contributed by atoms with van der Waals surface area (Å²) >= 11 is 0. The van der Waals surface area contributed by atoms with Crippen LogP contribution in [0.3, 0.4) is 0 Å². The Bertz CT molecular complexity index is 362. The Morgan fingerprint density at radius 1 is 1.21 bits per heavy atom. The van der Waals surface area contributed by atoms with Gasteiger partial charge in [-0.2, -0.15) is 0 Å². The predicted octanol–water partition coefficient (Wildman–Crippen LogP) is 0.185. The minimum absolute atomic E-state index is 0.139. The van der Waals surface area contributed by atoms with Gasteiger partial charge in [0.1, 0.15) is 0 Å². The van der Waals surface area contributed by atoms with Crippen molar-refractivity contribution in [3.63, 3.8) is 0 Å². The largest absolute Gasteiger partial charge is 0.481 e. The Labute approximate surface area is 111 Å². The van der Waals surface area contributed by atoms with E-state index in [4.69, 9.17) is 14.6 Å². The molecule has 1 saturated heterocycles. The average molecular weight is 269 g/mol. The summed E-state index contributed by atoms with van der Waals surface area (Å²) in [5.41, 5.74) is 0. The Morgan fingerprint density at radius 3 is 2.58 bits per heavy atom. The van der Waals surface area contributed by atoms with Gasteiger partial charge in [-0.25, -0.2) is 0 Å². The van der Waals surface area contributed by atoms with E-state index in [1.54, 1.807) is 0 Å². The number of ether oxygens (including phenoxy) is 2. The second kappa shape index (κ2) is 6.68. The molecule has 0 aromatic heterocycles. The molecular formula is C13H19NO5. The molecule has 1 amide bonds. The first-order chi connectivity index (χ1) is 9.18. The highest BCUT2D eigenvalue weighted by molar-refractivity contribution is 5.85. The SMILES string of the molecule is O=C(O)C1CC=CCC1C(=O)NCC1COCCO1. The van der Waals surface area contributed by atoms with E-state index in [0.29, 0.717) is 39.2 Å². The highest BCUT2D eigenvalue weighted by Crippen LogP contribution is 2.26. The summed E-state index contributed by atoms with van der Waals surface area (Å²) in [5, 5.41) is 11.9. The van der Waals surface area contributed by atoms with Crippen LogP contribution in [0.1, 0.15) is 12.8 Å². The molecule has 1 heterocycles. The van der Waals surface area contributed by atoms with Crippen LogP contribution in [-0.2, 0) is 19.1 Å². The van der Waals surface area contributed by atoms with Gasteiger partial charge in [-0.1, -0.05) is 12.2 Å². The molecule has 3 unspecified atom stereocenters. The molecule has 1 aliphatic heterocycles. The highest BCUT2D eigenvalue weighted by Gasteiger charge is 2.34. The molecule has 6 nitrogen and oxygen atoms in total. The molecule has 6 heteroatoms. The van der Waals surface area contributed by atoms with Crippen LogP contribution in [-0.4, -0.2) is 49.5 Å². The van der Waals surface area contributed by atoms with E-state index in [1.807, 2.05) is 12.2 Å². The lowest BCUT2D eigenvalue weighted by molar-refractivity contribution is -0.147. The number of nitrogens with one attached hydrogen (secondary N) is 1. The molecule has 2 N–H and O–H groups in total. The number of carbonyl (C=O) groups excluding carboxylic acids is 1. The molecule has 2 rings (SSSR count). The Kier molecular flexibility index (Phi) is 4.93. The van der Waals surface area contributed by atoms with Crippen molar-refractivity contribution in [2.75, 3.05) is 26.4 Å². The van der Waals surface area contributed by atoms with Gasteiger partial charge in [-0.05, 0) is 12.8 Å². The standard InChI is InChI=1S/C13H19NO5/c15-12(14-7-9-8-18-5-6-19-9)10-3-1-2-4-11(10)13(16)17/h1-2,9-11H,3-8H2,(H,14,15)(H,16,17). The number of hydrogen-bond acceptors (Lipinski definition) is 4. The third-order valence-corrected chi connectivity index (χ3v) is 3.48. The van der Waals surface area contributed by atoms with E-state index >= 15 is 0 Å². The first-order valence-corrected chi connectivity index (χ1v) is 6.53. The summed E-state index contributed by atoms with van der Waals surface area (Å²) in [6.45, 7) is 1.95. The lowest BCUT2D eigenvalue weighted by Gasteiger charge is -2.27. The van der Waals surface area contributed by atoms with Gasteiger partial charge in [0, 0.05) is 6.54 Å². The maximum absolute atomic E-state index is 12.1. The van der Waals surface area contributed by atoms with Gasteiger partial charge in [-0.3, -0.25) is 9.59 Å². The molecule has 106 valence electrons. The van der Waals surface area contributed by atoms with Gasteiger partial charge in [0.05, 0.1) is 37.8 Å². The third kappa shape index (κ3) is 3.78. The van der Waals surface area contributed by atoms with Crippen LogP contribution in [0.4, 0.5) is 0 Å². The van der Waals surface area contributed by atoms with Gasteiger partial charge in [0.2, 0.25) is 5.91 Å². The van der Waals surface area contributed by atoms with Crippen molar-refractivity contribution < 1.29 is 24.2 Å². The number of carboxylic acids is 1. The van der Waals surface area contributed by atoms with Crippen LogP contribution in [0, 0.1) is 11.8 Å². The van der Waals surface area contributed by atoms with Crippen molar-refractivity contribution in [2.45, 2.75) is 18.9 Å². The van der Waals surface area contributed by atoms with Crippen molar-refractivity contribution >= 4 is 11.9 Å². The molecule has 0 aromatic carbocycles. The van der Waals surface area contributed by atoms with Crippen molar-refractivity contribution in [3.8, 4) is 0 Å². The average Bonchev–Trinajstić information content (AvgIpc) is 2.46. The molecule has 1 fully saturated rings. The molecule has 0 bridgehead atoms. The fourth-order valence-corrected chi connectivity index (χ4v) is 2.38. The number of aliphatic carboxylic acids is 1. The molecule has 2 aliphatic rings. The number of rotatable bonds is 4. The number of allylic oxidation sites excluding steroid dienone is 2. The van der Waals surface area contributed by atoms with Crippen LogP contribution in [0.2, 0.25) is 0 Å². The van der Waals surface area contributed by atoms with E-state index in [-0.39, 0.29) is 12.0 Å². The molecule has 1 aliphatic carbocycles. The van der Waals surface area contributed by atoms with Gasteiger partial charge >= 0.3 is 5.97 Å². The lowest BCUT2D eigenvalue weighted by Crippen LogP contribution is -2.44. The first kappa shape index (κ1) is 14.0. The lowest BCUT2D eigenvalue weighted by atomic mass is 9.82. The van der Waals surface area contributed by atoms with Crippen molar-refractivity contribution in [2.24, 2.45) is 11.8 Å². The maximum atomic E-state index is 12.1. The van der Waals surface area contributed by atoms with Crippen LogP contribution < -0.4 is 5.32 Å². The normalized spacial score (nSPS) is 30.8. The third-order valence-electron chi connectivity index (χ3n) is 3.48. The zero-order valence-electron chi connectivity index (χ0n) is 10.7. The van der Waals surface area contributed by atoms with Crippen molar-refractivity contribution in [1.29, 1.82) is 0 Å². The van der Waals surface area contributed by atoms with E-state index in [0.717, 1.165) is 0 Å². The minimum Gasteiger partial charge on any atom is -0.481 e.